The first-order valence-corrected chi connectivity index (χ1v) is 12.3. The van der Waals surface area contributed by atoms with Gasteiger partial charge in [-0.1, -0.05) is 33.8 Å². The van der Waals surface area contributed by atoms with Gasteiger partial charge in [-0.2, -0.15) is 0 Å². The summed E-state index contributed by atoms with van der Waals surface area (Å²) in [6, 6.07) is 4.59. The third-order valence-corrected chi connectivity index (χ3v) is 5.16. The van der Waals surface area contributed by atoms with Crippen molar-refractivity contribution >= 4 is 24.1 Å². The fraction of sp³-hybridized carbons (Fsp3) is 0.615. The van der Waals surface area contributed by atoms with E-state index in [0.29, 0.717) is 30.7 Å². The average Bonchev–Trinajstić information content (AvgIpc) is 2.80. The summed E-state index contributed by atoms with van der Waals surface area (Å²) in [7, 11) is 1.21. The summed E-state index contributed by atoms with van der Waals surface area (Å²) in [6.07, 6.45) is 1.36. The molecule has 36 heavy (non-hydrogen) atoms. The summed E-state index contributed by atoms with van der Waals surface area (Å²) >= 11 is 0. The topological polar surface area (TPSA) is 140 Å². The molecule has 0 bridgehead atoms. The van der Waals surface area contributed by atoms with Gasteiger partial charge < -0.3 is 29.4 Å². The van der Waals surface area contributed by atoms with Crippen LogP contribution in [0.3, 0.4) is 0 Å². The van der Waals surface area contributed by atoms with Gasteiger partial charge in [-0.25, -0.2) is 4.79 Å². The van der Waals surface area contributed by atoms with Gasteiger partial charge >= 0.3 is 24.1 Å². The van der Waals surface area contributed by atoms with Crippen molar-refractivity contribution in [2.45, 2.75) is 78.2 Å². The average molecular weight is 510 g/mol. The van der Waals surface area contributed by atoms with Crippen LogP contribution in [-0.2, 0) is 35.0 Å². The Kier molecular flexibility index (Phi) is 13.5. The monoisotopic (exact) mass is 509 g/mol. The molecule has 0 aliphatic carbocycles. The van der Waals surface area contributed by atoms with E-state index in [4.69, 9.17) is 29.4 Å². The maximum atomic E-state index is 12.5. The molecule has 0 spiro atoms. The van der Waals surface area contributed by atoms with Gasteiger partial charge in [0.15, 0.2) is 11.5 Å². The molecule has 1 atom stereocenters. The lowest BCUT2D eigenvalue weighted by molar-refractivity contribution is -0.147. The van der Waals surface area contributed by atoms with Crippen molar-refractivity contribution in [1.82, 2.24) is 0 Å². The van der Waals surface area contributed by atoms with Gasteiger partial charge in [0.25, 0.3) is 0 Å². The molecule has 0 aliphatic heterocycles. The summed E-state index contributed by atoms with van der Waals surface area (Å²) in [5.41, 5.74) is 5.35. The first-order chi connectivity index (χ1) is 17.0. The number of benzene rings is 1. The number of esters is 3. The van der Waals surface area contributed by atoms with E-state index in [1.54, 1.807) is 6.07 Å². The molecule has 0 unspecified atom stereocenters. The van der Waals surface area contributed by atoms with Gasteiger partial charge in [0.1, 0.15) is 5.54 Å². The number of rotatable bonds is 15. The number of hydrogen-bond donors (Lipinski definition) is 1. The Labute approximate surface area is 212 Å². The van der Waals surface area contributed by atoms with E-state index in [9.17, 15) is 19.2 Å². The normalized spacial score (nSPS) is 12.4. The molecule has 0 heterocycles. The van der Waals surface area contributed by atoms with Crippen LogP contribution in [-0.4, -0.2) is 49.9 Å². The smallest absolute Gasteiger partial charge is 0.468 e. The third kappa shape index (κ3) is 11.1. The molecule has 0 saturated heterocycles. The van der Waals surface area contributed by atoms with E-state index < -0.39 is 29.6 Å². The molecule has 0 aromatic heterocycles. The fourth-order valence-corrected chi connectivity index (χ4v) is 3.15. The zero-order valence-corrected chi connectivity index (χ0v) is 21.9. The predicted molar refractivity (Wildman–Crippen MR) is 132 cm³/mol. The molecule has 0 radical (unpaired) electrons. The molecule has 0 fully saturated rings. The van der Waals surface area contributed by atoms with Gasteiger partial charge in [-0.15, -0.1) is 0 Å². The summed E-state index contributed by atoms with van der Waals surface area (Å²) < 4.78 is 25.7. The van der Waals surface area contributed by atoms with Crippen LogP contribution < -0.4 is 15.2 Å². The van der Waals surface area contributed by atoms with Crippen LogP contribution in [0.2, 0.25) is 0 Å². The zero-order valence-electron chi connectivity index (χ0n) is 21.9. The lowest BCUT2D eigenvalue weighted by Crippen LogP contribution is -2.51. The van der Waals surface area contributed by atoms with Crippen LogP contribution in [0.4, 0.5) is 4.79 Å². The molecule has 0 amide bonds. The lowest BCUT2D eigenvalue weighted by atomic mass is 9.88. The maximum Gasteiger partial charge on any atom is 0.508 e. The first-order valence-electron chi connectivity index (χ1n) is 12.3. The highest BCUT2D eigenvalue weighted by atomic mass is 16.7. The van der Waals surface area contributed by atoms with Gasteiger partial charge in [0, 0.05) is 25.7 Å². The highest BCUT2D eigenvalue weighted by molar-refractivity contribution is 5.81. The molecule has 0 saturated carbocycles. The second-order valence-electron chi connectivity index (χ2n) is 8.93. The van der Waals surface area contributed by atoms with Crippen LogP contribution in [0.15, 0.2) is 18.2 Å². The zero-order chi connectivity index (χ0) is 27.1. The highest BCUT2D eigenvalue weighted by Crippen LogP contribution is 2.31. The van der Waals surface area contributed by atoms with Crippen LogP contribution in [0, 0.1) is 5.92 Å². The van der Waals surface area contributed by atoms with Crippen molar-refractivity contribution in [2.24, 2.45) is 11.7 Å². The van der Waals surface area contributed by atoms with E-state index in [0.717, 1.165) is 0 Å². The van der Waals surface area contributed by atoms with Gasteiger partial charge in [0.05, 0.1) is 20.3 Å². The summed E-state index contributed by atoms with van der Waals surface area (Å²) in [6.45, 7) is 7.75. The molecule has 1 aromatic carbocycles. The third-order valence-electron chi connectivity index (χ3n) is 5.16. The first kappa shape index (κ1) is 30.9. The Morgan fingerprint density at radius 3 is 2.06 bits per heavy atom. The van der Waals surface area contributed by atoms with Crippen LogP contribution in [0.25, 0.3) is 0 Å². The minimum Gasteiger partial charge on any atom is -0.468 e. The van der Waals surface area contributed by atoms with E-state index in [1.165, 1.54) is 19.2 Å². The van der Waals surface area contributed by atoms with Crippen LogP contribution in [0.5, 0.6) is 11.5 Å². The van der Waals surface area contributed by atoms with Crippen molar-refractivity contribution in [3.8, 4) is 11.5 Å². The summed E-state index contributed by atoms with van der Waals surface area (Å²) in [4.78, 5) is 48.4. The SMILES string of the molecule is CCCC(=O)Oc1ccc(C[C@](N)(CCOC(=O)OCCC(C)C)C(=O)OC)cc1OC(=O)CCC. The number of carbonyl (C=O) groups is 4. The van der Waals surface area contributed by atoms with Gasteiger partial charge in [-0.3, -0.25) is 14.4 Å². The number of ether oxygens (including phenoxy) is 5. The maximum absolute atomic E-state index is 12.5. The molecule has 10 heteroatoms. The van der Waals surface area contributed by atoms with Crippen molar-refractivity contribution in [3.05, 3.63) is 23.8 Å². The molecule has 202 valence electrons. The molecule has 1 aromatic rings. The Morgan fingerprint density at radius 2 is 1.50 bits per heavy atom. The number of methoxy groups -OCH3 is 1. The lowest BCUT2D eigenvalue weighted by Gasteiger charge is -2.26. The van der Waals surface area contributed by atoms with Crippen molar-refractivity contribution in [3.63, 3.8) is 0 Å². The molecule has 2 N–H and O–H groups in total. The number of hydrogen-bond acceptors (Lipinski definition) is 10. The second-order valence-corrected chi connectivity index (χ2v) is 8.93. The standard InChI is InChI=1S/C26H39NO9/c1-6-8-22(28)35-20-11-10-19(16-21(20)36-23(29)9-7-2)17-26(27,24(30)32-5)13-15-34-25(31)33-14-12-18(3)4/h10-11,16,18H,6-9,12-15,17,27H2,1-5H3/t26-/m1/s1. The minimum atomic E-state index is -1.54. The van der Waals surface area contributed by atoms with Gasteiger partial charge in [0.2, 0.25) is 0 Å². The van der Waals surface area contributed by atoms with E-state index in [2.05, 4.69) is 0 Å². The van der Waals surface area contributed by atoms with E-state index in [1.807, 2.05) is 27.7 Å². The van der Waals surface area contributed by atoms with Crippen LogP contribution in [0.1, 0.15) is 71.8 Å². The largest absolute Gasteiger partial charge is 0.508 e. The molecular weight excluding hydrogens is 470 g/mol. The highest BCUT2D eigenvalue weighted by Gasteiger charge is 2.36. The Morgan fingerprint density at radius 1 is 0.917 bits per heavy atom. The minimum absolute atomic E-state index is 0.0209. The van der Waals surface area contributed by atoms with Gasteiger partial charge in [-0.05, 0) is 42.9 Å². The Hall–Kier alpha value is -3.14. The van der Waals surface area contributed by atoms with E-state index >= 15 is 0 Å². The summed E-state index contributed by atoms with van der Waals surface area (Å²) in [5.74, 6) is -1.14. The molecule has 0 aliphatic rings. The van der Waals surface area contributed by atoms with E-state index in [-0.39, 0.29) is 50.4 Å². The molecular formula is C26H39NO9. The quantitative estimate of drug-likeness (QED) is 0.271. The number of carbonyl (C=O) groups excluding carboxylic acids is 4. The van der Waals surface area contributed by atoms with Crippen molar-refractivity contribution in [2.75, 3.05) is 20.3 Å². The van der Waals surface area contributed by atoms with Crippen molar-refractivity contribution in [1.29, 1.82) is 0 Å². The Balaban J connectivity index is 3.01. The predicted octanol–water partition coefficient (Wildman–Crippen LogP) is 4.10. The molecule has 1 rings (SSSR count). The summed E-state index contributed by atoms with van der Waals surface area (Å²) in [5, 5.41) is 0. The fourth-order valence-electron chi connectivity index (χ4n) is 3.15. The van der Waals surface area contributed by atoms with Crippen molar-refractivity contribution < 1.29 is 42.9 Å². The Bertz CT molecular complexity index is 884. The van der Waals surface area contributed by atoms with Crippen LogP contribution >= 0.6 is 0 Å². The second kappa shape index (κ2) is 15.8. The molecule has 10 nitrogen and oxygen atoms in total. The number of nitrogens with two attached hydrogens (primary N) is 1.